The average molecular weight is 1340 g/mol. The Hall–Kier alpha value is -9.82. The molecule has 0 fully saturated rings. The maximum atomic E-state index is 14.6. The van der Waals surface area contributed by atoms with E-state index in [4.69, 9.17) is 51.9 Å². The van der Waals surface area contributed by atoms with E-state index in [-0.39, 0.29) is 37.4 Å². The molecule has 0 amide bonds. The summed E-state index contributed by atoms with van der Waals surface area (Å²) in [6, 6.07) is 16.9. The standard InChI is InChI=1S/C22H25FN6O2.C17H18FN5O2.C11H8ClFN2O.C6H11N3O.C6H11NO3S.CH4/c1-15-10-25-21(27-17-11-26-29(12-17)7-8-30-4)28-20(15)16-5-6-19(18(23)9-16)31-14-22(2,3)13-24;1-11-8-19-17(21-13-9-20-23(10-13)5-6-25-2)22-16(11)12-3-4-15(24)14(18)7-12;1-6-5-14-11(12)15-10(6)7-2-3-9(16)8(13)4-7;1-10-3-2-9-5-6(7)4-8-9;1-6(2,4-7)5-10-11(3,8)9;/h5-6,9-12H,7-8,14H2,1-4H3,(H,25,27,28);3-4,7-10,24H,5-6H2,1-2H3,(H,19,21,22);2-5,16H,1H3;4-5H,2-3,7H2,1H3;5H2,1-3H3;1H4. The number of aryl methyl sites for hydroxylation is 3. The molecule has 502 valence electrons. The van der Waals surface area contributed by atoms with Crippen LogP contribution in [0.3, 0.4) is 0 Å². The Labute approximate surface area is 549 Å². The molecule has 6 heterocycles. The smallest absolute Gasteiger partial charge is 0.264 e. The van der Waals surface area contributed by atoms with Crippen LogP contribution in [0.4, 0.5) is 42.1 Å². The SMILES string of the molecule is C.CC(C)(C#N)COS(C)(=O)=O.COCCn1cc(N)cn1.COCCn1cc(Nc2ncc(C)c(-c3ccc(O)c(F)c3)n2)cn1.COCCn1cc(Nc2ncc(C)c(-c3ccc(OCC(C)(C)C#N)c(F)c3)n2)cn1.Cc1cnc(Cl)nc1-c1ccc(O)c(F)c1. The molecule has 9 rings (SSSR count). The number of hydrogen-bond donors (Lipinski definition) is 5. The van der Waals surface area contributed by atoms with Gasteiger partial charge in [0.15, 0.2) is 34.7 Å². The molecule has 3 aromatic carbocycles. The average Bonchev–Trinajstić information content (AvgIpc) is 1.01. The Kier molecular flexibility index (Phi) is 29.7. The van der Waals surface area contributed by atoms with Crippen molar-refractivity contribution in [3.8, 4) is 63.2 Å². The molecule has 0 saturated heterocycles. The highest BCUT2D eigenvalue weighted by Gasteiger charge is 2.21. The number of benzene rings is 3. The van der Waals surface area contributed by atoms with Gasteiger partial charge in [0.2, 0.25) is 17.2 Å². The monoisotopic (exact) mass is 1340 g/mol. The van der Waals surface area contributed by atoms with E-state index in [9.17, 15) is 26.7 Å². The highest BCUT2D eigenvalue weighted by atomic mass is 35.5. The largest absolute Gasteiger partial charge is 0.505 e. The Balaban J connectivity index is 0.000000266. The molecule has 0 aliphatic rings. The number of anilines is 5. The number of aromatic hydroxyl groups is 2. The highest BCUT2D eigenvalue weighted by molar-refractivity contribution is 7.86. The number of rotatable bonds is 22. The summed E-state index contributed by atoms with van der Waals surface area (Å²) in [4.78, 5) is 25.4. The van der Waals surface area contributed by atoms with E-state index in [0.717, 1.165) is 40.9 Å². The summed E-state index contributed by atoms with van der Waals surface area (Å²) in [5, 5.41) is 54.7. The van der Waals surface area contributed by atoms with Crippen molar-refractivity contribution in [3.63, 3.8) is 0 Å². The second-order valence-corrected chi connectivity index (χ2v) is 23.6. The minimum absolute atomic E-state index is 0. The van der Waals surface area contributed by atoms with Crippen molar-refractivity contribution in [1.29, 1.82) is 10.5 Å². The Bertz CT molecular complexity index is 4100. The number of aromatic nitrogens is 12. The van der Waals surface area contributed by atoms with Crippen LogP contribution in [0.1, 0.15) is 51.8 Å². The van der Waals surface area contributed by atoms with Gasteiger partial charge >= 0.3 is 0 Å². The lowest BCUT2D eigenvalue weighted by atomic mass is 9.98. The summed E-state index contributed by atoms with van der Waals surface area (Å²) in [5.41, 5.74) is 12.0. The number of nitrogen functional groups attached to an aromatic ring is 1. The topological polar surface area (TPSA) is 349 Å². The lowest BCUT2D eigenvalue weighted by Crippen LogP contribution is -2.19. The van der Waals surface area contributed by atoms with Crippen LogP contribution in [-0.2, 0) is 48.1 Å². The summed E-state index contributed by atoms with van der Waals surface area (Å²) in [7, 11) is 1.51. The lowest BCUT2D eigenvalue weighted by Gasteiger charge is -2.17. The molecule has 94 heavy (non-hydrogen) atoms. The number of ether oxygens (including phenoxy) is 4. The molecule has 6 N–H and O–H groups in total. The van der Waals surface area contributed by atoms with Crippen molar-refractivity contribution in [1.82, 2.24) is 59.2 Å². The number of nitrogens with one attached hydrogen (secondary N) is 2. The van der Waals surface area contributed by atoms with Crippen molar-refractivity contribution in [3.05, 3.63) is 150 Å². The third kappa shape index (κ3) is 25.3. The zero-order valence-corrected chi connectivity index (χ0v) is 54.6. The van der Waals surface area contributed by atoms with E-state index in [1.165, 1.54) is 30.3 Å². The summed E-state index contributed by atoms with van der Waals surface area (Å²) < 4.78 is 92.4. The summed E-state index contributed by atoms with van der Waals surface area (Å²) >= 11 is 5.67. The predicted octanol–water partition coefficient (Wildman–Crippen LogP) is 11.2. The van der Waals surface area contributed by atoms with E-state index in [2.05, 4.69) is 66.1 Å². The molecule has 6 aromatic heterocycles. The van der Waals surface area contributed by atoms with Gasteiger partial charge in [0.25, 0.3) is 10.1 Å². The van der Waals surface area contributed by atoms with Gasteiger partial charge < -0.3 is 45.5 Å². The third-order valence-corrected chi connectivity index (χ3v) is 13.1. The molecule has 0 radical (unpaired) electrons. The Morgan fingerprint density at radius 3 is 1.38 bits per heavy atom. The first-order valence-electron chi connectivity index (χ1n) is 28.1. The van der Waals surface area contributed by atoms with E-state index in [1.54, 1.807) is 138 Å². The molecule has 0 saturated carbocycles. The maximum absolute atomic E-state index is 14.6. The number of nitrogens with zero attached hydrogens (tertiary/aromatic N) is 14. The number of phenols is 2. The summed E-state index contributed by atoms with van der Waals surface area (Å²) in [5.74, 6) is -1.82. The Morgan fingerprint density at radius 1 is 0.596 bits per heavy atom. The van der Waals surface area contributed by atoms with Crippen molar-refractivity contribution < 1.29 is 54.9 Å². The normalized spacial score (nSPS) is 10.9. The fraction of sp³-hybridized carbons (Fsp3) is 0.349. The predicted molar refractivity (Wildman–Crippen MR) is 350 cm³/mol. The number of phenolic OH excluding ortho intramolecular Hbond substituents is 2. The molecular formula is C63H77ClF3N17O9S. The highest BCUT2D eigenvalue weighted by Crippen LogP contribution is 2.31. The number of hydrogen-bond acceptors (Lipinski definition) is 23. The summed E-state index contributed by atoms with van der Waals surface area (Å²) in [6.07, 6.45) is 16.2. The number of nitrogens with two attached hydrogens (primary N) is 1. The number of nitriles is 2. The van der Waals surface area contributed by atoms with Crippen LogP contribution < -0.4 is 21.1 Å². The fourth-order valence-electron chi connectivity index (χ4n) is 7.37. The van der Waals surface area contributed by atoms with Gasteiger partial charge in [-0.15, -0.1) is 0 Å². The van der Waals surface area contributed by atoms with Crippen molar-refractivity contribution in [2.24, 2.45) is 10.8 Å². The second kappa shape index (κ2) is 36.4. The molecule has 0 bridgehead atoms. The van der Waals surface area contributed by atoms with Crippen LogP contribution >= 0.6 is 11.6 Å². The van der Waals surface area contributed by atoms with E-state index in [1.807, 2.05) is 32.3 Å². The zero-order chi connectivity index (χ0) is 68.5. The molecule has 9 aromatic rings. The fourth-order valence-corrected chi connectivity index (χ4v) is 8.01. The first kappa shape index (κ1) is 76.6. The quantitative estimate of drug-likeness (QED) is 0.0311. The van der Waals surface area contributed by atoms with E-state index >= 15 is 0 Å². The minimum Gasteiger partial charge on any atom is -0.505 e. The minimum atomic E-state index is -3.42. The van der Waals surface area contributed by atoms with Crippen LogP contribution in [0, 0.1) is 71.7 Å². The van der Waals surface area contributed by atoms with Gasteiger partial charge in [-0.3, -0.25) is 18.2 Å². The zero-order valence-electron chi connectivity index (χ0n) is 53.1. The number of halogens is 4. The first-order valence-corrected chi connectivity index (χ1v) is 30.3. The first-order chi connectivity index (χ1) is 44.0. The van der Waals surface area contributed by atoms with Gasteiger partial charge in [0.1, 0.15) is 6.61 Å². The van der Waals surface area contributed by atoms with Crippen LogP contribution in [-0.4, -0.2) is 138 Å². The van der Waals surface area contributed by atoms with Gasteiger partial charge in [-0.2, -0.15) is 34.2 Å². The molecular weight excluding hydrogens is 1260 g/mol. The van der Waals surface area contributed by atoms with Gasteiger partial charge in [0, 0.05) is 75.2 Å². The molecule has 0 aliphatic carbocycles. The van der Waals surface area contributed by atoms with Crippen molar-refractivity contribution in [2.45, 2.75) is 75.5 Å². The third-order valence-electron chi connectivity index (χ3n) is 12.4. The van der Waals surface area contributed by atoms with Crippen LogP contribution in [0.25, 0.3) is 33.8 Å². The van der Waals surface area contributed by atoms with Gasteiger partial charge in [0.05, 0.1) is 128 Å². The molecule has 26 nitrogen and oxygen atoms in total. The second-order valence-electron chi connectivity index (χ2n) is 21.6. The number of methoxy groups -OCH3 is 3. The van der Waals surface area contributed by atoms with Crippen molar-refractivity contribution in [2.75, 3.05) is 77.0 Å². The summed E-state index contributed by atoms with van der Waals surface area (Å²) in [6.45, 7) is 16.0. The molecule has 31 heteroatoms. The lowest BCUT2D eigenvalue weighted by molar-refractivity contribution is 0.183. The van der Waals surface area contributed by atoms with Crippen LogP contribution in [0.15, 0.2) is 110 Å². The van der Waals surface area contributed by atoms with Gasteiger partial charge in [-0.1, -0.05) is 7.43 Å². The molecule has 0 atom stereocenters. The molecule has 0 spiro atoms. The van der Waals surface area contributed by atoms with Crippen LogP contribution in [0.5, 0.6) is 17.2 Å². The van der Waals surface area contributed by atoms with E-state index < -0.39 is 44.1 Å². The molecule has 0 aliphatic heterocycles. The van der Waals surface area contributed by atoms with E-state index in [0.29, 0.717) is 84.3 Å². The van der Waals surface area contributed by atoms with Gasteiger partial charge in [-0.25, -0.2) is 43.1 Å². The molecule has 0 unspecified atom stereocenters. The van der Waals surface area contributed by atoms with Crippen LogP contribution in [0.2, 0.25) is 5.28 Å². The Morgan fingerprint density at radius 2 is 0.989 bits per heavy atom. The maximum Gasteiger partial charge on any atom is 0.264 e. The van der Waals surface area contributed by atoms with Gasteiger partial charge in [-0.05, 0) is 131 Å². The van der Waals surface area contributed by atoms with Crippen molar-refractivity contribution >= 4 is 50.7 Å².